The Hall–Kier alpha value is -2.20. The van der Waals surface area contributed by atoms with Crippen LogP contribution in [0.4, 0.5) is 22.0 Å². The van der Waals surface area contributed by atoms with Crippen LogP contribution in [0, 0.1) is 11.6 Å². The molecule has 1 aromatic heterocycles. The topological polar surface area (TPSA) is 57.5 Å². The number of halogens is 5. The van der Waals surface area contributed by atoms with Gasteiger partial charge in [0.15, 0.2) is 17.4 Å². The normalized spacial score (nSPS) is 14.2. The average Bonchev–Trinajstić information content (AvgIpc) is 2.53. The van der Waals surface area contributed by atoms with Gasteiger partial charge >= 0.3 is 6.36 Å². The Morgan fingerprint density at radius 3 is 2.30 bits per heavy atom. The minimum atomic E-state index is -5.07. The first-order valence-electron chi connectivity index (χ1n) is 7.56. The molecule has 0 unspecified atom stereocenters. The Morgan fingerprint density at radius 2 is 1.78 bits per heavy atom. The van der Waals surface area contributed by atoms with E-state index in [0.717, 1.165) is 18.2 Å². The molecule has 0 amide bonds. The summed E-state index contributed by atoms with van der Waals surface area (Å²) in [6.45, 7) is 4.87. The second kappa shape index (κ2) is 7.81. The van der Waals surface area contributed by atoms with Crippen LogP contribution in [0.1, 0.15) is 32.0 Å². The first kappa shape index (κ1) is 21.1. The van der Waals surface area contributed by atoms with Gasteiger partial charge in [0.2, 0.25) is 0 Å². The molecule has 2 aromatic rings. The molecule has 0 saturated heterocycles. The zero-order chi connectivity index (χ0) is 20.4. The summed E-state index contributed by atoms with van der Waals surface area (Å²) in [5.41, 5.74) is -0.657. The van der Waals surface area contributed by atoms with Gasteiger partial charge in [-0.3, -0.25) is 4.98 Å². The van der Waals surface area contributed by atoms with Crippen molar-refractivity contribution in [1.82, 2.24) is 4.98 Å². The summed E-state index contributed by atoms with van der Waals surface area (Å²) in [6, 6.07) is 4.87. The SMILES string of the molecule is CC(C)(C)[S@@+]([O-])N=C(c1ccc(OC(F)(F)F)c(F)c1)c1ncccc1F. The maximum absolute atomic E-state index is 14.2. The molecule has 0 N–H and O–H groups in total. The summed E-state index contributed by atoms with van der Waals surface area (Å²) in [6.07, 6.45) is -3.81. The standard InChI is InChI=1S/C17H15F5N2O2S/c1-16(2,3)27(25)24-14(15-11(18)5-4-8-23-15)10-6-7-13(12(19)9-10)26-17(20,21)22/h4-9H,1-3H3/t27-/m1/s1. The minimum Gasteiger partial charge on any atom is -0.591 e. The van der Waals surface area contributed by atoms with Gasteiger partial charge in [0.25, 0.3) is 0 Å². The van der Waals surface area contributed by atoms with Crippen LogP contribution < -0.4 is 4.74 Å². The summed E-state index contributed by atoms with van der Waals surface area (Å²) in [4.78, 5) is 3.83. The number of alkyl halides is 3. The molecule has 10 heteroatoms. The lowest BCUT2D eigenvalue weighted by Crippen LogP contribution is -2.27. The minimum absolute atomic E-state index is 0.0998. The van der Waals surface area contributed by atoms with Gasteiger partial charge < -0.3 is 9.29 Å². The third-order valence-electron chi connectivity index (χ3n) is 3.11. The number of benzene rings is 1. The van der Waals surface area contributed by atoms with Crippen LogP contribution in [0.15, 0.2) is 40.9 Å². The van der Waals surface area contributed by atoms with Gasteiger partial charge in [-0.1, -0.05) is 4.40 Å². The zero-order valence-corrected chi connectivity index (χ0v) is 15.3. The van der Waals surface area contributed by atoms with Crippen LogP contribution in [-0.2, 0) is 11.4 Å². The van der Waals surface area contributed by atoms with E-state index in [1.165, 1.54) is 12.3 Å². The molecule has 0 aliphatic rings. The van der Waals surface area contributed by atoms with E-state index in [0.29, 0.717) is 6.07 Å². The summed E-state index contributed by atoms with van der Waals surface area (Å²) < 4.78 is 84.2. The average molecular weight is 406 g/mol. The molecule has 0 aliphatic carbocycles. The van der Waals surface area contributed by atoms with Gasteiger partial charge in [-0.25, -0.2) is 8.78 Å². The lowest BCUT2D eigenvalue weighted by molar-refractivity contribution is -0.275. The van der Waals surface area contributed by atoms with Gasteiger partial charge in [0.05, 0.1) is 0 Å². The Morgan fingerprint density at radius 1 is 1.11 bits per heavy atom. The van der Waals surface area contributed by atoms with Crippen LogP contribution in [-0.4, -0.2) is 26.4 Å². The van der Waals surface area contributed by atoms with E-state index in [1.807, 2.05) is 0 Å². The van der Waals surface area contributed by atoms with E-state index in [4.69, 9.17) is 0 Å². The second-order valence-corrected chi connectivity index (χ2v) is 8.23. The first-order chi connectivity index (χ1) is 12.4. The Balaban J connectivity index is 2.57. The fourth-order valence-corrected chi connectivity index (χ4v) is 2.50. The van der Waals surface area contributed by atoms with Gasteiger partial charge in [-0.05, 0) is 51.1 Å². The van der Waals surface area contributed by atoms with Crippen molar-refractivity contribution in [2.24, 2.45) is 4.40 Å². The van der Waals surface area contributed by atoms with Crippen molar-refractivity contribution >= 4 is 17.1 Å². The molecule has 1 heterocycles. The van der Waals surface area contributed by atoms with E-state index in [2.05, 4.69) is 14.1 Å². The van der Waals surface area contributed by atoms with E-state index < -0.39 is 39.9 Å². The van der Waals surface area contributed by atoms with Crippen molar-refractivity contribution in [1.29, 1.82) is 0 Å². The van der Waals surface area contributed by atoms with E-state index in [-0.39, 0.29) is 17.0 Å². The largest absolute Gasteiger partial charge is 0.591 e. The molecule has 1 atom stereocenters. The summed E-state index contributed by atoms with van der Waals surface area (Å²) in [5, 5.41) is 0. The molecule has 1 aromatic carbocycles. The van der Waals surface area contributed by atoms with E-state index in [1.54, 1.807) is 20.8 Å². The molecule has 0 spiro atoms. The van der Waals surface area contributed by atoms with Crippen LogP contribution >= 0.6 is 0 Å². The number of aromatic nitrogens is 1. The second-order valence-electron chi connectivity index (χ2n) is 6.33. The number of hydrogen-bond acceptors (Lipinski definition) is 4. The van der Waals surface area contributed by atoms with Crippen LogP contribution in [0.25, 0.3) is 0 Å². The summed E-state index contributed by atoms with van der Waals surface area (Å²) in [7, 11) is 0. The highest BCUT2D eigenvalue weighted by Crippen LogP contribution is 2.28. The van der Waals surface area contributed by atoms with Crippen LogP contribution in [0.2, 0.25) is 0 Å². The first-order valence-corrected chi connectivity index (χ1v) is 8.66. The Kier molecular flexibility index (Phi) is 6.10. The highest BCUT2D eigenvalue weighted by Gasteiger charge is 2.33. The molecule has 2 rings (SSSR count). The number of ether oxygens (including phenoxy) is 1. The molecule has 0 radical (unpaired) electrons. The van der Waals surface area contributed by atoms with Gasteiger partial charge in [-0.15, -0.1) is 13.2 Å². The molecule has 146 valence electrons. The predicted octanol–water partition coefficient (Wildman–Crippen LogP) is 4.56. The Labute approximate surface area is 155 Å². The fraction of sp³-hybridized carbons (Fsp3) is 0.294. The number of hydrogen-bond donors (Lipinski definition) is 0. The van der Waals surface area contributed by atoms with Crippen molar-refractivity contribution in [3.05, 3.63) is 59.4 Å². The maximum Gasteiger partial charge on any atom is 0.573 e. The van der Waals surface area contributed by atoms with Crippen LogP contribution in [0.5, 0.6) is 5.75 Å². The molecule has 27 heavy (non-hydrogen) atoms. The smallest absolute Gasteiger partial charge is 0.573 e. The predicted molar refractivity (Wildman–Crippen MR) is 90.8 cm³/mol. The van der Waals surface area contributed by atoms with Crippen molar-refractivity contribution in [3.63, 3.8) is 0 Å². The van der Waals surface area contributed by atoms with Crippen molar-refractivity contribution in [2.45, 2.75) is 31.9 Å². The molecule has 0 saturated carbocycles. The molecular weight excluding hydrogens is 391 g/mol. The van der Waals surface area contributed by atoms with Crippen molar-refractivity contribution < 1.29 is 31.2 Å². The lowest BCUT2D eigenvalue weighted by atomic mass is 10.1. The van der Waals surface area contributed by atoms with Crippen LogP contribution in [0.3, 0.4) is 0 Å². The quantitative estimate of drug-likeness (QED) is 0.425. The third-order valence-corrected chi connectivity index (χ3v) is 4.51. The highest BCUT2D eigenvalue weighted by molar-refractivity contribution is 7.91. The number of nitrogens with zero attached hydrogens (tertiary/aromatic N) is 2. The highest BCUT2D eigenvalue weighted by atomic mass is 32.2. The molecule has 4 nitrogen and oxygen atoms in total. The van der Waals surface area contributed by atoms with Gasteiger partial charge in [0.1, 0.15) is 27.5 Å². The number of pyridine rings is 1. The van der Waals surface area contributed by atoms with Gasteiger partial charge in [0, 0.05) is 11.8 Å². The molecular formula is C17H15F5N2O2S. The van der Waals surface area contributed by atoms with Gasteiger partial charge in [-0.2, -0.15) is 0 Å². The van der Waals surface area contributed by atoms with E-state index >= 15 is 0 Å². The molecule has 0 bridgehead atoms. The van der Waals surface area contributed by atoms with E-state index in [9.17, 15) is 26.5 Å². The summed E-state index contributed by atoms with van der Waals surface area (Å²) in [5.74, 6) is -3.20. The third kappa shape index (κ3) is 5.64. The molecule has 0 aliphatic heterocycles. The Bertz CT molecular complexity index is 850. The zero-order valence-electron chi connectivity index (χ0n) is 14.5. The van der Waals surface area contributed by atoms with Crippen molar-refractivity contribution in [2.75, 3.05) is 0 Å². The lowest BCUT2D eigenvalue weighted by Gasteiger charge is -2.19. The summed E-state index contributed by atoms with van der Waals surface area (Å²) >= 11 is -1.86. The molecule has 0 fully saturated rings. The fourth-order valence-electron chi connectivity index (χ4n) is 1.87. The number of rotatable bonds is 4. The maximum atomic E-state index is 14.2. The van der Waals surface area contributed by atoms with Crippen molar-refractivity contribution in [3.8, 4) is 5.75 Å². The monoisotopic (exact) mass is 406 g/mol.